The number of hydrogen-bond acceptors (Lipinski definition) is 5. The summed E-state index contributed by atoms with van der Waals surface area (Å²) in [5, 5.41) is 3.29. The number of esters is 1. The van der Waals surface area contributed by atoms with Crippen LogP contribution in [0.2, 0.25) is 0 Å². The van der Waals surface area contributed by atoms with Gasteiger partial charge in [-0.15, -0.1) is 0 Å². The second-order valence-electron chi connectivity index (χ2n) is 5.54. The van der Waals surface area contributed by atoms with E-state index in [9.17, 15) is 4.79 Å². The van der Waals surface area contributed by atoms with E-state index < -0.39 is 0 Å². The Balaban J connectivity index is 1.88. The lowest BCUT2D eigenvalue weighted by atomic mass is 9.74. The molecular weight excluding hydrogens is 253 g/mol. The molecule has 2 radical (unpaired) electrons. The maximum atomic E-state index is 11.9. The fraction of sp³-hybridized carbons (Fsp3) is 0.643. The lowest BCUT2D eigenvalue weighted by Gasteiger charge is -2.35. The Labute approximate surface area is 120 Å². The summed E-state index contributed by atoms with van der Waals surface area (Å²) in [4.78, 5) is 20.2. The third kappa shape index (κ3) is 3.49. The van der Waals surface area contributed by atoms with E-state index in [1.807, 2.05) is 13.8 Å². The van der Waals surface area contributed by atoms with Crippen LogP contribution in [-0.2, 0) is 9.53 Å². The van der Waals surface area contributed by atoms with Crippen molar-refractivity contribution in [2.75, 3.05) is 11.9 Å². The maximum Gasteiger partial charge on any atom is 0.311 e. The molecule has 2 rings (SSSR count). The highest BCUT2D eigenvalue weighted by Gasteiger charge is 2.38. The van der Waals surface area contributed by atoms with Crippen LogP contribution in [0.25, 0.3) is 0 Å². The van der Waals surface area contributed by atoms with Gasteiger partial charge in [-0.05, 0) is 39.5 Å². The Kier molecular flexibility index (Phi) is 4.63. The third-order valence-corrected chi connectivity index (χ3v) is 3.86. The summed E-state index contributed by atoms with van der Waals surface area (Å²) in [5.41, 5.74) is 0.199. The number of hydrogen-bond donors (Lipinski definition) is 1. The SMILES string of the molecule is [B]c1cnc(NC2CCC(C)(C(=O)OCC)CC2)nc1. The first kappa shape index (κ1) is 14.8. The van der Waals surface area contributed by atoms with Crippen molar-refractivity contribution >= 4 is 25.2 Å². The first-order valence-corrected chi connectivity index (χ1v) is 7.05. The summed E-state index contributed by atoms with van der Waals surface area (Å²) in [7, 11) is 5.55. The number of rotatable bonds is 4. The molecule has 0 unspecified atom stereocenters. The van der Waals surface area contributed by atoms with Gasteiger partial charge in [-0.3, -0.25) is 4.79 Å². The normalized spacial score (nSPS) is 26.0. The van der Waals surface area contributed by atoms with E-state index in [-0.39, 0.29) is 11.4 Å². The molecule has 106 valence electrons. The molecule has 0 amide bonds. The molecule has 1 aliphatic carbocycles. The van der Waals surface area contributed by atoms with Crippen LogP contribution in [0.5, 0.6) is 0 Å². The van der Waals surface area contributed by atoms with Gasteiger partial charge in [0.15, 0.2) is 0 Å². The zero-order chi connectivity index (χ0) is 14.6. The standard InChI is InChI=1S/C14H20BN3O2/c1-3-20-12(19)14(2)6-4-11(5-7-14)18-13-16-8-10(15)9-17-13/h8-9,11H,3-7H2,1-2H3,(H,16,17,18). The maximum absolute atomic E-state index is 11.9. The van der Waals surface area contributed by atoms with Gasteiger partial charge in [0.25, 0.3) is 0 Å². The first-order chi connectivity index (χ1) is 9.53. The van der Waals surface area contributed by atoms with Crippen LogP contribution in [0.4, 0.5) is 5.95 Å². The Bertz CT molecular complexity index is 456. The number of carbonyl (C=O) groups excluding carboxylic acids is 1. The van der Waals surface area contributed by atoms with Crippen molar-refractivity contribution in [2.45, 2.75) is 45.6 Å². The smallest absolute Gasteiger partial charge is 0.311 e. The van der Waals surface area contributed by atoms with E-state index in [2.05, 4.69) is 15.3 Å². The second-order valence-corrected chi connectivity index (χ2v) is 5.54. The van der Waals surface area contributed by atoms with Gasteiger partial charge < -0.3 is 10.1 Å². The molecule has 0 aromatic carbocycles. The fourth-order valence-electron chi connectivity index (χ4n) is 2.50. The molecule has 1 aromatic rings. The molecule has 1 saturated carbocycles. The molecule has 1 N–H and O–H groups in total. The Morgan fingerprint density at radius 3 is 2.60 bits per heavy atom. The fourth-order valence-corrected chi connectivity index (χ4v) is 2.50. The van der Waals surface area contributed by atoms with Crippen molar-refractivity contribution in [3.05, 3.63) is 12.4 Å². The summed E-state index contributed by atoms with van der Waals surface area (Å²) in [6.45, 7) is 4.27. The largest absolute Gasteiger partial charge is 0.466 e. The van der Waals surface area contributed by atoms with Crippen molar-refractivity contribution in [2.24, 2.45) is 5.41 Å². The minimum atomic E-state index is -0.351. The number of carbonyl (C=O) groups is 1. The van der Waals surface area contributed by atoms with E-state index in [1.165, 1.54) is 0 Å². The molecule has 0 atom stereocenters. The average Bonchev–Trinajstić information content (AvgIpc) is 2.44. The molecule has 0 saturated heterocycles. The van der Waals surface area contributed by atoms with E-state index in [0.717, 1.165) is 25.7 Å². The van der Waals surface area contributed by atoms with Crippen LogP contribution >= 0.6 is 0 Å². The highest BCUT2D eigenvalue weighted by Crippen LogP contribution is 2.37. The van der Waals surface area contributed by atoms with Gasteiger partial charge in [0.2, 0.25) is 5.95 Å². The second kappa shape index (κ2) is 6.24. The quantitative estimate of drug-likeness (QED) is 0.659. The van der Waals surface area contributed by atoms with E-state index >= 15 is 0 Å². The van der Waals surface area contributed by atoms with Gasteiger partial charge in [-0.1, -0.05) is 5.46 Å². The van der Waals surface area contributed by atoms with Crippen LogP contribution in [0, 0.1) is 5.41 Å². The van der Waals surface area contributed by atoms with Crippen LogP contribution in [-0.4, -0.2) is 36.4 Å². The van der Waals surface area contributed by atoms with Gasteiger partial charge in [0, 0.05) is 18.4 Å². The first-order valence-electron chi connectivity index (χ1n) is 7.05. The van der Waals surface area contributed by atoms with Crippen molar-refractivity contribution in [3.8, 4) is 0 Å². The molecule has 0 spiro atoms. The van der Waals surface area contributed by atoms with Crippen molar-refractivity contribution in [1.29, 1.82) is 0 Å². The molecule has 1 aromatic heterocycles. The lowest BCUT2D eigenvalue weighted by Crippen LogP contribution is -2.38. The van der Waals surface area contributed by atoms with Gasteiger partial charge in [0.05, 0.1) is 12.0 Å². The summed E-state index contributed by atoms with van der Waals surface area (Å²) in [6.07, 6.45) is 6.62. The minimum Gasteiger partial charge on any atom is -0.466 e. The minimum absolute atomic E-state index is 0.0813. The van der Waals surface area contributed by atoms with Gasteiger partial charge >= 0.3 is 5.97 Å². The summed E-state index contributed by atoms with van der Waals surface area (Å²) < 4.78 is 5.15. The summed E-state index contributed by atoms with van der Waals surface area (Å²) in [6, 6.07) is 0.293. The van der Waals surface area contributed by atoms with Crippen molar-refractivity contribution in [3.63, 3.8) is 0 Å². The Morgan fingerprint density at radius 1 is 1.45 bits per heavy atom. The number of nitrogens with zero attached hydrogens (tertiary/aromatic N) is 2. The number of nitrogens with one attached hydrogen (secondary N) is 1. The molecule has 6 heteroatoms. The molecule has 1 heterocycles. The monoisotopic (exact) mass is 273 g/mol. The average molecular weight is 273 g/mol. The summed E-state index contributed by atoms with van der Waals surface area (Å²) >= 11 is 0. The molecule has 0 bridgehead atoms. The lowest BCUT2D eigenvalue weighted by molar-refractivity contribution is -0.156. The Hall–Kier alpha value is -1.59. The predicted octanol–water partition coefficient (Wildman–Crippen LogP) is 1.19. The molecule has 5 nitrogen and oxygen atoms in total. The molecule has 1 fully saturated rings. The molecule has 1 aliphatic rings. The predicted molar refractivity (Wildman–Crippen MR) is 78.0 cm³/mol. The number of ether oxygens (including phenoxy) is 1. The van der Waals surface area contributed by atoms with Gasteiger partial charge in [0.1, 0.15) is 7.85 Å². The van der Waals surface area contributed by atoms with Crippen LogP contribution in [0.15, 0.2) is 12.4 Å². The molecular formula is C14H20BN3O2. The Morgan fingerprint density at radius 2 is 2.05 bits per heavy atom. The van der Waals surface area contributed by atoms with Crippen LogP contribution in [0.1, 0.15) is 39.5 Å². The van der Waals surface area contributed by atoms with Crippen molar-refractivity contribution in [1.82, 2.24) is 9.97 Å². The molecule has 0 aliphatic heterocycles. The number of aromatic nitrogens is 2. The van der Waals surface area contributed by atoms with Gasteiger partial charge in [-0.2, -0.15) is 0 Å². The van der Waals surface area contributed by atoms with Crippen molar-refractivity contribution < 1.29 is 9.53 Å². The number of anilines is 1. The highest BCUT2D eigenvalue weighted by molar-refractivity contribution is 6.31. The van der Waals surface area contributed by atoms with Crippen LogP contribution < -0.4 is 10.8 Å². The summed E-state index contributed by atoms with van der Waals surface area (Å²) in [5.74, 6) is 0.506. The van der Waals surface area contributed by atoms with E-state index in [4.69, 9.17) is 12.6 Å². The third-order valence-electron chi connectivity index (χ3n) is 3.86. The van der Waals surface area contributed by atoms with Gasteiger partial charge in [-0.25, -0.2) is 9.97 Å². The topological polar surface area (TPSA) is 64.1 Å². The van der Waals surface area contributed by atoms with Crippen LogP contribution in [0.3, 0.4) is 0 Å². The van der Waals surface area contributed by atoms with E-state index in [1.54, 1.807) is 12.4 Å². The zero-order valence-electron chi connectivity index (χ0n) is 12.1. The van der Waals surface area contributed by atoms with E-state index in [0.29, 0.717) is 24.1 Å². The zero-order valence-corrected chi connectivity index (χ0v) is 12.1. The molecule has 20 heavy (non-hydrogen) atoms. The highest BCUT2D eigenvalue weighted by atomic mass is 16.5.